The van der Waals surface area contributed by atoms with Gasteiger partial charge in [0, 0.05) is 5.56 Å². The Morgan fingerprint density at radius 3 is 2.61 bits per heavy atom. The van der Waals surface area contributed by atoms with E-state index in [0.29, 0.717) is 15.7 Å². The average Bonchev–Trinajstić information content (AvgIpc) is 2.41. The Morgan fingerprint density at radius 1 is 1.17 bits per heavy atom. The van der Waals surface area contributed by atoms with Gasteiger partial charge in [-0.2, -0.15) is 0 Å². The van der Waals surface area contributed by atoms with Crippen LogP contribution in [0.25, 0.3) is 11.3 Å². The summed E-state index contributed by atoms with van der Waals surface area (Å²) in [7, 11) is 1.29. The molecule has 2 aromatic rings. The number of aromatic nitrogens is 2. The molecule has 0 saturated heterocycles. The van der Waals surface area contributed by atoms with Crippen molar-refractivity contribution in [3.63, 3.8) is 0 Å². The van der Waals surface area contributed by atoms with Crippen LogP contribution in [-0.2, 0) is 4.74 Å². The summed E-state index contributed by atoms with van der Waals surface area (Å²) in [5, 5.41) is 0.884. The molecule has 1 aromatic carbocycles. The van der Waals surface area contributed by atoms with E-state index in [0.717, 1.165) is 5.56 Å². The molecule has 92 valence electrons. The summed E-state index contributed by atoms with van der Waals surface area (Å²) >= 11 is 11.8. The molecule has 0 bridgehead atoms. The molecule has 0 aliphatic rings. The van der Waals surface area contributed by atoms with Crippen LogP contribution in [-0.4, -0.2) is 23.0 Å². The normalized spacial score (nSPS) is 10.2. The highest BCUT2D eigenvalue weighted by Crippen LogP contribution is 2.27. The van der Waals surface area contributed by atoms with Crippen LogP contribution in [0, 0.1) is 0 Å². The highest BCUT2D eigenvalue weighted by molar-refractivity contribution is 6.42. The quantitative estimate of drug-likeness (QED) is 0.794. The van der Waals surface area contributed by atoms with E-state index in [4.69, 9.17) is 23.2 Å². The molecule has 1 heterocycles. The van der Waals surface area contributed by atoms with Crippen LogP contribution in [0.5, 0.6) is 0 Å². The molecule has 1 aromatic heterocycles. The topological polar surface area (TPSA) is 52.1 Å². The zero-order valence-corrected chi connectivity index (χ0v) is 10.9. The van der Waals surface area contributed by atoms with Crippen molar-refractivity contribution in [2.24, 2.45) is 0 Å². The van der Waals surface area contributed by atoms with Crippen LogP contribution < -0.4 is 0 Å². The fourth-order valence-electron chi connectivity index (χ4n) is 1.39. The Hall–Kier alpha value is -1.65. The summed E-state index contributed by atoms with van der Waals surface area (Å²) in [6.07, 6.45) is 1.30. The maximum atomic E-state index is 11.4. The largest absolute Gasteiger partial charge is 0.464 e. The maximum absolute atomic E-state index is 11.4. The molecule has 4 nitrogen and oxygen atoms in total. The molecule has 0 aliphatic carbocycles. The second-order valence-electron chi connectivity index (χ2n) is 3.41. The van der Waals surface area contributed by atoms with Gasteiger partial charge in [0.05, 0.1) is 22.8 Å². The van der Waals surface area contributed by atoms with Gasteiger partial charge in [-0.25, -0.2) is 14.8 Å². The second-order valence-corrected chi connectivity index (χ2v) is 4.22. The lowest BCUT2D eigenvalue weighted by molar-refractivity contribution is 0.0594. The van der Waals surface area contributed by atoms with Crippen LogP contribution in [0.15, 0.2) is 30.6 Å². The summed E-state index contributed by atoms with van der Waals surface area (Å²) in [5.74, 6) is -0.515. The molecule has 0 fully saturated rings. The highest BCUT2D eigenvalue weighted by atomic mass is 35.5. The lowest BCUT2D eigenvalue weighted by Gasteiger charge is -2.04. The number of benzene rings is 1. The first kappa shape index (κ1) is 12.8. The fourth-order valence-corrected chi connectivity index (χ4v) is 1.68. The Labute approximate surface area is 114 Å². The smallest absolute Gasteiger partial charge is 0.356 e. The summed E-state index contributed by atoms with van der Waals surface area (Å²) < 4.78 is 4.59. The summed E-state index contributed by atoms with van der Waals surface area (Å²) in [6, 6.07) is 6.63. The maximum Gasteiger partial charge on any atom is 0.356 e. The Morgan fingerprint density at radius 2 is 1.94 bits per heavy atom. The van der Waals surface area contributed by atoms with Crippen molar-refractivity contribution < 1.29 is 9.53 Å². The van der Waals surface area contributed by atoms with E-state index in [1.807, 2.05) is 0 Å². The lowest BCUT2D eigenvalue weighted by atomic mass is 10.1. The lowest BCUT2D eigenvalue weighted by Crippen LogP contribution is -2.04. The van der Waals surface area contributed by atoms with Gasteiger partial charge in [0.2, 0.25) is 0 Å². The minimum atomic E-state index is -0.515. The van der Waals surface area contributed by atoms with Gasteiger partial charge in [-0.15, -0.1) is 0 Å². The van der Waals surface area contributed by atoms with Gasteiger partial charge >= 0.3 is 5.97 Å². The Bertz CT molecular complexity index is 602. The first-order valence-electron chi connectivity index (χ1n) is 4.97. The molecular formula is C12H8Cl2N2O2. The molecule has 0 aliphatic heterocycles. The van der Waals surface area contributed by atoms with Crippen LogP contribution in [0.3, 0.4) is 0 Å². The van der Waals surface area contributed by atoms with Gasteiger partial charge in [0.1, 0.15) is 6.33 Å². The van der Waals surface area contributed by atoms with E-state index in [1.165, 1.54) is 19.5 Å². The van der Waals surface area contributed by atoms with Crippen molar-refractivity contribution >= 4 is 29.2 Å². The monoisotopic (exact) mass is 282 g/mol. The SMILES string of the molecule is COC(=O)c1cc(-c2ccc(Cl)c(Cl)c2)ncn1. The zero-order valence-electron chi connectivity index (χ0n) is 9.35. The van der Waals surface area contributed by atoms with Crippen LogP contribution in [0.2, 0.25) is 10.0 Å². The van der Waals surface area contributed by atoms with E-state index < -0.39 is 5.97 Å². The number of carbonyl (C=O) groups is 1. The van der Waals surface area contributed by atoms with Gasteiger partial charge in [-0.1, -0.05) is 29.3 Å². The van der Waals surface area contributed by atoms with Gasteiger partial charge in [0.25, 0.3) is 0 Å². The standard InChI is InChI=1S/C12H8Cl2N2O2/c1-18-12(17)11-5-10(15-6-16-11)7-2-3-8(13)9(14)4-7/h2-6H,1H3. The third-order valence-corrected chi connectivity index (χ3v) is 3.02. The molecule has 2 rings (SSSR count). The molecule has 0 unspecified atom stereocenters. The van der Waals surface area contributed by atoms with Gasteiger partial charge in [-0.3, -0.25) is 0 Å². The van der Waals surface area contributed by atoms with Crippen molar-refractivity contribution in [3.05, 3.63) is 46.3 Å². The minimum absolute atomic E-state index is 0.188. The molecule has 0 amide bonds. The first-order valence-corrected chi connectivity index (χ1v) is 5.73. The predicted molar refractivity (Wildman–Crippen MR) is 68.8 cm³/mol. The van der Waals surface area contributed by atoms with Crippen LogP contribution in [0.4, 0.5) is 0 Å². The van der Waals surface area contributed by atoms with E-state index in [-0.39, 0.29) is 5.69 Å². The number of rotatable bonds is 2. The second kappa shape index (κ2) is 5.33. The minimum Gasteiger partial charge on any atom is -0.464 e. The molecular weight excluding hydrogens is 275 g/mol. The third-order valence-electron chi connectivity index (χ3n) is 2.28. The van der Waals surface area contributed by atoms with E-state index in [9.17, 15) is 4.79 Å². The van der Waals surface area contributed by atoms with E-state index in [1.54, 1.807) is 18.2 Å². The number of carbonyl (C=O) groups excluding carboxylic acids is 1. The summed E-state index contributed by atoms with van der Waals surface area (Å²) in [5.41, 5.74) is 1.51. The molecule has 0 radical (unpaired) electrons. The van der Waals surface area contributed by atoms with Crippen molar-refractivity contribution in [1.29, 1.82) is 0 Å². The van der Waals surface area contributed by atoms with E-state index in [2.05, 4.69) is 14.7 Å². The zero-order chi connectivity index (χ0) is 13.1. The fraction of sp³-hybridized carbons (Fsp3) is 0.0833. The number of esters is 1. The molecule has 0 saturated carbocycles. The number of hydrogen-bond donors (Lipinski definition) is 0. The van der Waals surface area contributed by atoms with Gasteiger partial charge in [-0.05, 0) is 18.2 Å². The molecule has 18 heavy (non-hydrogen) atoms. The first-order chi connectivity index (χ1) is 8.61. The van der Waals surface area contributed by atoms with Crippen molar-refractivity contribution in [2.75, 3.05) is 7.11 Å². The van der Waals surface area contributed by atoms with Gasteiger partial charge < -0.3 is 4.74 Å². The number of halogens is 2. The van der Waals surface area contributed by atoms with Crippen LogP contribution in [0.1, 0.15) is 10.5 Å². The van der Waals surface area contributed by atoms with Crippen LogP contribution >= 0.6 is 23.2 Å². The third kappa shape index (κ3) is 2.60. The number of methoxy groups -OCH3 is 1. The molecule has 6 heteroatoms. The van der Waals surface area contributed by atoms with Crippen molar-refractivity contribution in [3.8, 4) is 11.3 Å². The highest BCUT2D eigenvalue weighted by Gasteiger charge is 2.10. The summed E-state index contributed by atoms with van der Waals surface area (Å²) in [6.45, 7) is 0. The number of hydrogen-bond acceptors (Lipinski definition) is 4. The molecule has 0 atom stereocenters. The molecule has 0 N–H and O–H groups in total. The average molecular weight is 283 g/mol. The molecule has 0 spiro atoms. The van der Waals surface area contributed by atoms with E-state index >= 15 is 0 Å². The van der Waals surface area contributed by atoms with Gasteiger partial charge in [0.15, 0.2) is 5.69 Å². The predicted octanol–water partition coefficient (Wildman–Crippen LogP) is 3.24. The number of ether oxygens (including phenoxy) is 1. The van der Waals surface area contributed by atoms with Crippen molar-refractivity contribution in [2.45, 2.75) is 0 Å². The van der Waals surface area contributed by atoms with Crippen molar-refractivity contribution in [1.82, 2.24) is 9.97 Å². The summed E-state index contributed by atoms with van der Waals surface area (Å²) in [4.78, 5) is 19.3. The Kier molecular flexibility index (Phi) is 3.79. The number of nitrogens with zero attached hydrogens (tertiary/aromatic N) is 2. The Balaban J connectivity index is 2.44.